The van der Waals surface area contributed by atoms with Gasteiger partial charge in [0.15, 0.2) is 5.69 Å². The van der Waals surface area contributed by atoms with Gasteiger partial charge < -0.3 is 18.7 Å². The Hall–Kier alpha value is -3.04. The highest BCUT2D eigenvalue weighted by molar-refractivity contribution is 5.92. The second kappa shape index (κ2) is 8.54. The van der Waals surface area contributed by atoms with Crippen molar-refractivity contribution >= 4 is 5.91 Å². The van der Waals surface area contributed by atoms with Crippen LogP contribution in [0.15, 0.2) is 39.4 Å². The molecule has 1 aromatic carbocycles. The highest BCUT2D eigenvalue weighted by atomic mass is 16.5. The molecule has 0 bridgehead atoms. The lowest BCUT2D eigenvalue weighted by Crippen LogP contribution is -2.48. The standard InChI is InChI=1S/C20H23N5O4/c1-14-11-17(22-28-14)20(26)25-9-7-24(8-10-25)12-15-3-5-16(6-4-15)19-21-18(13-27-2)29-23-19/h3-6,11H,7-10,12-13H2,1-2H3. The largest absolute Gasteiger partial charge is 0.375 e. The first kappa shape index (κ1) is 19.3. The Morgan fingerprint density at radius 3 is 2.52 bits per heavy atom. The zero-order valence-electron chi connectivity index (χ0n) is 16.5. The van der Waals surface area contributed by atoms with Crippen LogP contribution in [0.5, 0.6) is 0 Å². The number of aryl methyl sites for hydroxylation is 1. The molecule has 0 N–H and O–H groups in total. The number of benzene rings is 1. The molecule has 0 radical (unpaired) electrons. The molecule has 3 heterocycles. The molecular formula is C20H23N5O4. The van der Waals surface area contributed by atoms with Crippen molar-refractivity contribution in [1.29, 1.82) is 0 Å². The molecule has 1 aliphatic heterocycles. The Bertz CT molecular complexity index is 957. The van der Waals surface area contributed by atoms with Crippen LogP contribution in [0.25, 0.3) is 11.4 Å². The van der Waals surface area contributed by atoms with E-state index >= 15 is 0 Å². The number of carbonyl (C=O) groups excluding carboxylic acids is 1. The molecule has 152 valence electrons. The molecule has 9 nitrogen and oxygen atoms in total. The second-order valence-electron chi connectivity index (χ2n) is 7.03. The normalized spacial score (nSPS) is 15.0. The Morgan fingerprint density at radius 1 is 1.10 bits per heavy atom. The van der Waals surface area contributed by atoms with Crippen molar-refractivity contribution in [2.45, 2.75) is 20.1 Å². The first-order valence-electron chi connectivity index (χ1n) is 9.48. The van der Waals surface area contributed by atoms with Crippen molar-refractivity contribution < 1.29 is 18.6 Å². The van der Waals surface area contributed by atoms with Gasteiger partial charge in [0.25, 0.3) is 11.8 Å². The third-order valence-electron chi connectivity index (χ3n) is 4.86. The van der Waals surface area contributed by atoms with Crippen molar-refractivity contribution in [3.05, 3.63) is 53.2 Å². The average Bonchev–Trinajstić information content (AvgIpc) is 3.38. The third kappa shape index (κ3) is 4.52. The van der Waals surface area contributed by atoms with E-state index in [-0.39, 0.29) is 5.91 Å². The molecule has 1 saturated heterocycles. The number of nitrogens with zero attached hydrogens (tertiary/aromatic N) is 5. The number of rotatable bonds is 6. The fourth-order valence-corrected chi connectivity index (χ4v) is 3.31. The molecule has 0 spiro atoms. The van der Waals surface area contributed by atoms with Gasteiger partial charge in [-0.25, -0.2) is 0 Å². The average molecular weight is 397 g/mol. The van der Waals surface area contributed by atoms with Crippen molar-refractivity contribution in [3.8, 4) is 11.4 Å². The summed E-state index contributed by atoms with van der Waals surface area (Å²) >= 11 is 0. The maximum atomic E-state index is 12.5. The van der Waals surface area contributed by atoms with E-state index in [1.54, 1.807) is 20.1 Å². The highest BCUT2D eigenvalue weighted by Gasteiger charge is 2.24. The van der Waals surface area contributed by atoms with Crippen LogP contribution >= 0.6 is 0 Å². The van der Waals surface area contributed by atoms with E-state index in [2.05, 4.69) is 32.3 Å². The number of carbonyl (C=O) groups is 1. The number of ether oxygens (including phenoxy) is 1. The van der Waals surface area contributed by atoms with E-state index in [0.29, 0.717) is 42.9 Å². The number of amides is 1. The summed E-state index contributed by atoms with van der Waals surface area (Å²) in [6.45, 7) is 5.89. The van der Waals surface area contributed by atoms with Crippen LogP contribution in [-0.2, 0) is 17.9 Å². The van der Waals surface area contributed by atoms with Crippen LogP contribution in [0, 0.1) is 6.92 Å². The summed E-state index contributed by atoms with van der Waals surface area (Å²) in [4.78, 5) is 20.9. The first-order valence-corrected chi connectivity index (χ1v) is 9.48. The quantitative estimate of drug-likeness (QED) is 0.624. The lowest BCUT2D eigenvalue weighted by molar-refractivity contribution is 0.0618. The first-order chi connectivity index (χ1) is 14.1. The number of hydrogen-bond acceptors (Lipinski definition) is 8. The monoisotopic (exact) mass is 397 g/mol. The van der Waals surface area contributed by atoms with Crippen LogP contribution in [0.4, 0.5) is 0 Å². The molecule has 4 rings (SSSR count). The van der Waals surface area contributed by atoms with Gasteiger partial charge in [-0.2, -0.15) is 4.98 Å². The van der Waals surface area contributed by atoms with Gasteiger partial charge in [-0.05, 0) is 12.5 Å². The lowest BCUT2D eigenvalue weighted by Gasteiger charge is -2.34. The van der Waals surface area contributed by atoms with Crippen molar-refractivity contribution in [2.75, 3.05) is 33.3 Å². The van der Waals surface area contributed by atoms with Crippen molar-refractivity contribution in [1.82, 2.24) is 25.1 Å². The van der Waals surface area contributed by atoms with Gasteiger partial charge in [0.2, 0.25) is 5.82 Å². The summed E-state index contributed by atoms with van der Waals surface area (Å²) < 4.78 is 15.1. The molecule has 0 aliphatic carbocycles. The fraction of sp³-hybridized carbons (Fsp3) is 0.400. The second-order valence-corrected chi connectivity index (χ2v) is 7.03. The van der Waals surface area contributed by atoms with Crippen LogP contribution in [0.1, 0.15) is 27.7 Å². The van der Waals surface area contributed by atoms with E-state index in [9.17, 15) is 4.79 Å². The van der Waals surface area contributed by atoms with Gasteiger partial charge in [-0.15, -0.1) is 0 Å². The molecule has 0 unspecified atom stereocenters. The zero-order chi connectivity index (χ0) is 20.2. The lowest BCUT2D eigenvalue weighted by atomic mass is 10.1. The predicted octanol–water partition coefficient (Wildman–Crippen LogP) is 2.14. The van der Waals surface area contributed by atoms with Gasteiger partial charge in [-0.1, -0.05) is 34.6 Å². The summed E-state index contributed by atoms with van der Waals surface area (Å²) in [5.74, 6) is 1.59. The van der Waals surface area contributed by atoms with E-state index in [4.69, 9.17) is 13.8 Å². The molecule has 9 heteroatoms. The Balaban J connectivity index is 1.30. The number of methoxy groups -OCH3 is 1. The molecule has 1 aliphatic rings. The predicted molar refractivity (Wildman–Crippen MR) is 103 cm³/mol. The summed E-state index contributed by atoms with van der Waals surface area (Å²) in [7, 11) is 1.59. The minimum atomic E-state index is -0.0705. The highest BCUT2D eigenvalue weighted by Crippen LogP contribution is 2.18. The summed E-state index contributed by atoms with van der Waals surface area (Å²) in [6, 6.07) is 9.79. The Morgan fingerprint density at radius 2 is 1.86 bits per heavy atom. The van der Waals surface area contributed by atoms with Gasteiger partial charge in [0.05, 0.1) is 0 Å². The van der Waals surface area contributed by atoms with Gasteiger partial charge >= 0.3 is 0 Å². The molecular weight excluding hydrogens is 374 g/mol. The number of hydrogen-bond donors (Lipinski definition) is 0. The molecule has 1 amide bonds. The molecule has 0 saturated carbocycles. The molecule has 3 aromatic rings. The van der Waals surface area contributed by atoms with E-state index in [0.717, 1.165) is 25.2 Å². The SMILES string of the molecule is COCc1nc(-c2ccc(CN3CCN(C(=O)c4cc(C)on4)CC3)cc2)no1. The third-order valence-corrected chi connectivity index (χ3v) is 4.86. The summed E-state index contributed by atoms with van der Waals surface area (Å²) in [5.41, 5.74) is 2.47. The smallest absolute Gasteiger partial charge is 0.276 e. The number of piperazine rings is 1. The topological polar surface area (TPSA) is 97.7 Å². The Kier molecular flexibility index (Phi) is 5.68. The van der Waals surface area contributed by atoms with Gasteiger partial charge in [-0.3, -0.25) is 9.69 Å². The van der Waals surface area contributed by atoms with E-state index < -0.39 is 0 Å². The van der Waals surface area contributed by atoms with Gasteiger partial charge in [0, 0.05) is 51.5 Å². The maximum Gasteiger partial charge on any atom is 0.276 e. The fourth-order valence-electron chi connectivity index (χ4n) is 3.31. The van der Waals surface area contributed by atoms with Crippen LogP contribution in [0.2, 0.25) is 0 Å². The van der Waals surface area contributed by atoms with Crippen molar-refractivity contribution in [2.24, 2.45) is 0 Å². The van der Waals surface area contributed by atoms with Crippen molar-refractivity contribution in [3.63, 3.8) is 0 Å². The minimum absolute atomic E-state index is 0.0705. The van der Waals surface area contributed by atoms with E-state index in [1.165, 1.54) is 5.56 Å². The zero-order valence-corrected chi connectivity index (χ0v) is 16.5. The summed E-state index contributed by atoms with van der Waals surface area (Å²) in [5, 5.41) is 7.79. The Labute approximate surface area is 168 Å². The van der Waals surface area contributed by atoms with Gasteiger partial charge in [0.1, 0.15) is 12.4 Å². The minimum Gasteiger partial charge on any atom is -0.375 e. The molecule has 1 fully saturated rings. The molecule has 0 atom stereocenters. The van der Waals surface area contributed by atoms with Crippen LogP contribution in [-0.4, -0.2) is 64.3 Å². The molecule has 29 heavy (non-hydrogen) atoms. The maximum absolute atomic E-state index is 12.5. The van der Waals surface area contributed by atoms with Crippen LogP contribution in [0.3, 0.4) is 0 Å². The molecule has 2 aromatic heterocycles. The number of aromatic nitrogens is 3. The van der Waals surface area contributed by atoms with E-state index in [1.807, 2.05) is 17.0 Å². The summed E-state index contributed by atoms with van der Waals surface area (Å²) in [6.07, 6.45) is 0. The van der Waals surface area contributed by atoms with Crippen LogP contribution < -0.4 is 0 Å².